The average Bonchev–Trinajstić information content (AvgIpc) is 2.69. The number of amides is 2. The number of rotatable bonds is 10. The molecule has 1 rings (SSSR count). The van der Waals surface area contributed by atoms with Crippen molar-refractivity contribution in [1.82, 2.24) is 10.6 Å². The Bertz CT molecular complexity index is 808. The molecular weight excluding hydrogens is 456 g/mol. The Morgan fingerprint density at radius 2 is 1.66 bits per heavy atom. The summed E-state index contributed by atoms with van der Waals surface area (Å²) < 4.78 is 9.98. The number of ether oxygens (including phenoxy) is 2. The van der Waals surface area contributed by atoms with Crippen molar-refractivity contribution in [3.8, 4) is 0 Å². The highest BCUT2D eigenvalue weighted by atomic mass is 35.5. The third kappa shape index (κ3) is 9.91. The molecule has 0 aromatic heterocycles. The molecule has 0 aliphatic heterocycles. The Morgan fingerprint density at radius 1 is 1.06 bits per heavy atom. The molecule has 2 N–H and O–H groups in total. The van der Waals surface area contributed by atoms with Gasteiger partial charge in [-0.3, -0.25) is 9.59 Å². The number of Topliss-reactive ketones (excluding diaryl/α,β-unsaturated/α-hetero) is 1. The fourth-order valence-electron chi connectivity index (χ4n) is 2.50. The number of benzene rings is 1. The summed E-state index contributed by atoms with van der Waals surface area (Å²) in [5.41, 5.74) is -0.261. The van der Waals surface area contributed by atoms with Crippen LogP contribution in [0.2, 0.25) is 5.02 Å². The van der Waals surface area contributed by atoms with E-state index in [9.17, 15) is 19.2 Å². The van der Waals surface area contributed by atoms with Gasteiger partial charge in [-0.15, -0.1) is 0 Å². The van der Waals surface area contributed by atoms with E-state index < -0.39 is 35.7 Å². The first-order valence-electron chi connectivity index (χ1n) is 10.1. The zero-order valence-corrected chi connectivity index (χ0v) is 20.8. The number of hydrogen-bond acceptors (Lipinski definition) is 7. The van der Waals surface area contributed by atoms with Crippen LogP contribution in [0.25, 0.3) is 0 Å². The molecule has 1 aromatic carbocycles. The molecule has 10 heteroatoms. The maximum absolute atomic E-state index is 12.9. The zero-order chi connectivity index (χ0) is 24.5. The van der Waals surface area contributed by atoms with Gasteiger partial charge in [0.25, 0.3) is 0 Å². The summed E-state index contributed by atoms with van der Waals surface area (Å²) in [4.78, 5) is 49.5. The molecule has 0 unspecified atom stereocenters. The normalized spacial score (nSPS) is 13.1. The Kier molecular flexibility index (Phi) is 11.0. The van der Waals surface area contributed by atoms with Crippen LogP contribution in [0, 0.1) is 5.92 Å². The van der Waals surface area contributed by atoms with E-state index in [1.54, 1.807) is 58.9 Å². The minimum atomic E-state index is -1.03. The summed E-state index contributed by atoms with van der Waals surface area (Å²) in [6, 6.07) is 4.59. The molecule has 0 saturated heterocycles. The number of ketones is 1. The predicted molar refractivity (Wildman–Crippen MR) is 125 cm³/mol. The van der Waals surface area contributed by atoms with Gasteiger partial charge in [-0.05, 0) is 51.0 Å². The highest BCUT2D eigenvalue weighted by Gasteiger charge is 2.30. The number of hydrogen-bond donors (Lipinski definition) is 2. The van der Waals surface area contributed by atoms with Gasteiger partial charge in [-0.25, -0.2) is 9.59 Å². The summed E-state index contributed by atoms with van der Waals surface area (Å²) in [5, 5.41) is 5.66. The van der Waals surface area contributed by atoms with Gasteiger partial charge in [0.05, 0.1) is 12.9 Å². The quantitative estimate of drug-likeness (QED) is 0.384. The lowest BCUT2D eigenvalue weighted by Gasteiger charge is -2.25. The van der Waals surface area contributed by atoms with Crippen molar-refractivity contribution >= 4 is 47.1 Å². The molecule has 2 atom stereocenters. The number of methoxy groups -OCH3 is 1. The SMILES string of the molecule is COC(=O)[C@@H](NC(=O)[C@H](CSCC(=O)c1ccc(Cl)cc1)NC(=O)OC(C)(C)C)C(C)C. The van der Waals surface area contributed by atoms with E-state index in [-0.39, 0.29) is 23.2 Å². The lowest BCUT2D eigenvalue weighted by molar-refractivity contribution is -0.146. The van der Waals surface area contributed by atoms with Gasteiger partial charge in [0.15, 0.2) is 5.78 Å². The Morgan fingerprint density at radius 3 is 2.16 bits per heavy atom. The molecule has 0 saturated carbocycles. The van der Waals surface area contributed by atoms with E-state index in [1.165, 1.54) is 18.9 Å². The number of halogens is 1. The number of nitrogens with one attached hydrogen (secondary N) is 2. The van der Waals surface area contributed by atoms with Crippen LogP contribution < -0.4 is 10.6 Å². The third-order valence-electron chi connectivity index (χ3n) is 4.11. The molecule has 0 bridgehead atoms. The molecule has 0 heterocycles. The van der Waals surface area contributed by atoms with Crippen molar-refractivity contribution in [2.75, 3.05) is 18.6 Å². The second kappa shape index (κ2) is 12.7. The van der Waals surface area contributed by atoms with Crippen LogP contribution in [-0.4, -0.2) is 60.1 Å². The van der Waals surface area contributed by atoms with Crippen LogP contribution in [-0.2, 0) is 19.1 Å². The molecule has 0 fully saturated rings. The van der Waals surface area contributed by atoms with E-state index >= 15 is 0 Å². The zero-order valence-electron chi connectivity index (χ0n) is 19.2. The summed E-state index contributed by atoms with van der Waals surface area (Å²) in [6.07, 6.45) is -0.776. The molecule has 8 nitrogen and oxygen atoms in total. The summed E-state index contributed by atoms with van der Waals surface area (Å²) in [6.45, 7) is 8.63. The second-order valence-corrected chi connectivity index (χ2v) is 9.86. The number of carbonyl (C=O) groups is 4. The fraction of sp³-hybridized carbons (Fsp3) is 0.545. The second-order valence-electron chi connectivity index (χ2n) is 8.40. The van der Waals surface area contributed by atoms with Gasteiger partial charge in [0.2, 0.25) is 5.91 Å². The van der Waals surface area contributed by atoms with Crippen molar-refractivity contribution in [1.29, 1.82) is 0 Å². The van der Waals surface area contributed by atoms with Gasteiger partial charge in [-0.2, -0.15) is 11.8 Å². The molecule has 178 valence electrons. The Labute approximate surface area is 198 Å². The number of alkyl carbamates (subject to hydrolysis) is 1. The maximum Gasteiger partial charge on any atom is 0.408 e. The van der Waals surface area contributed by atoms with E-state index in [1.807, 2.05) is 0 Å². The van der Waals surface area contributed by atoms with Crippen LogP contribution in [0.1, 0.15) is 45.0 Å². The van der Waals surface area contributed by atoms with Gasteiger partial charge in [0, 0.05) is 16.3 Å². The summed E-state index contributed by atoms with van der Waals surface area (Å²) in [5.74, 6) is -1.35. The van der Waals surface area contributed by atoms with Crippen LogP contribution in [0.5, 0.6) is 0 Å². The van der Waals surface area contributed by atoms with Crippen LogP contribution >= 0.6 is 23.4 Å². The highest BCUT2D eigenvalue weighted by molar-refractivity contribution is 8.00. The Hall–Kier alpha value is -2.26. The van der Waals surface area contributed by atoms with Crippen molar-refractivity contribution in [2.45, 2.75) is 52.3 Å². The highest BCUT2D eigenvalue weighted by Crippen LogP contribution is 2.14. The van der Waals surface area contributed by atoms with Crippen molar-refractivity contribution in [3.05, 3.63) is 34.9 Å². The van der Waals surface area contributed by atoms with Crippen LogP contribution in [0.4, 0.5) is 4.79 Å². The molecule has 0 aliphatic carbocycles. The van der Waals surface area contributed by atoms with Gasteiger partial charge in [-0.1, -0.05) is 25.4 Å². The number of thioether (sulfide) groups is 1. The minimum absolute atomic E-state index is 0.0893. The van der Waals surface area contributed by atoms with E-state index in [2.05, 4.69) is 10.6 Å². The van der Waals surface area contributed by atoms with Crippen LogP contribution in [0.3, 0.4) is 0 Å². The standard InChI is InChI=1S/C22H31ClN2O6S/c1-13(2)18(20(28)30-6)25-19(27)16(24-21(29)31-22(3,4)5)11-32-12-17(26)14-7-9-15(23)10-8-14/h7-10,13,16,18H,11-12H2,1-6H3,(H,24,29)(H,25,27)/t16-,18-/m0/s1. The number of carbonyl (C=O) groups excluding carboxylic acids is 4. The summed E-state index contributed by atoms with van der Waals surface area (Å²) in [7, 11) is 1.23. The summed E-state index contributed by atoms with van der Waals surface area (Å²) >= 11 is 7.02. The topological polar surface area (TPSA) is 111 Å². The lowest BCUT2D eigenvalue weighted by Crippen LogP contribution is -2.54. The molecule has 32 heavy (non-hydrogen) atoms. The van der Waals surface area contributed by atoms with E-state index in [0.717, 1.165) is 0 Å². The first kappa shape index (κ1) is 27.8. The average molecular weight is 487 g/mol. The molecule has 0 spiro atoms. The largest absolute Gasteiger partial charge is 0.467 e. The monoisotopic (exact) mass is 486 g/mol. The van der Waals surface area contributed by atoms with Crippen molar-refractivity contribution in [3.63, 3.8) is 0 Å². The van der Waals surface area contributed by atoms with E-state index in [0.29, 0.717) is 10.6 Å². The first-order chi connectivity index (χ1) is 14.8. The maximum atomic E-state index is 12.9. The van der Waals surface area contributed by atoms with Crippen molar-refractivity contribution < 1.29 is 28.7 Å². The fourth-order valence-corrected chi connectivity index (χ4v) is 3.57. The number of esters is 1. The first-order valence-corrected chi connectivity index (χ1v) is 11.6. The minimum Gasteiger partial charge on any atom is -0.467 e. The molecular formula is C22H31ClN2O6S. The van der Waals surface area contributed by atoms with E-state index in [4.69, 9.17) is 21.1 Å². The molecule has 0 aliphatic rings. The van der Waals surface area contributed by atoms with Gasteiger partial charge in [0.1, 0.15) is 17.7 Å². The molecule has 1 aromatic rings. The Balaban J connectivity index is 2.85. The van der Waals surface area contributed by atoms with Crippen molar-refractivity contribution in [2.24, 2.45) is 5.92 Å². The molecule has 2 amide bonds. The van der Waals surface area contributed by atoms with Crippen LogP contribution in [0.15, 0.2) is 24.3 Å². The smallest absolute Gasteiger partial charge is 0.408 e. The molecule has 0 radical (unpaired) electrons. The van der Waals surface area contributed by atoms with Gasteiger partial charge >= 0.3 is 12.1 Å². The third-order valence-corrected chi connectivity index (χ3v) is 5.40. The predicted octanol–water partition coefficient (Wildman–Crippen LogP) is 3.46. The lowest BCUT2D eigenvalue weighted by atomic mass is 10.0. The van der Waals surface area contributed by atoms with Gasteiger partial charge < -0.3 is 20.1 Å².